The number of carbonyl (C=O) groups is 1. The van der Waals surface area contributed by atoms with Crippen molar-refractivity contribution in [3.05, 3.63) is 76.0 Å². The van der Waals surface area contributed by atoms with Gasteiger partial charge in [0.15, 0.2) is 0 Å². The van der Waals surface area contributed by atoms with Crippen LogP contribution >= 0.6 is 12.8 Å². The Morgan fingerprint density at radius 2 is 1.91 bits per heavy atom. The number of carboxylic acids is 1. The molecule has 0 aliphatic rings. The zero-order valence-electron chi connectivity index (χ0n) is 20.6. The molecule has 0 aromatic heterocycles. The van der Waals surface area contributed by atoms with E-state index in [1.807, 2.05) is 26.1 Å². The fourth-order valence-electron chi connectivity index (χ4n) is 3.94. The Labute approximate surface area is 204 Å². The van der Waals surface area contributed by atoms with E-state index in [0.29, 0.717) is 12.5 Å². The van der Waals surface area contributed by atoms with Gasteiger partial charge in [-0.2, -0.15) is 0 Å². The average Bonchev–Trinajstić information content (AvgIpc) is 2.73. The molecule has 178 valence electrons. The second-order valence-electron chi connectivity index (χ2n) is 8.75. The zero-order chi connectivity index (χ0) is 24.5. The van der Waals surface area contributed by atoms with Crippen LogP contribution in [0.2, 0.25) is 0 Å². The minimum Gasteiger partial charge on any atom is -0.481 e. The van der Waals surface area contributed by atoms with Crippen molar-refractivity contribution in [1.82, 2.24) is 5.43 Å². The normalized spacial score (nSPS) is 13.0. The molecule has 0 heterocycles. The molecule has 0 bridgehead atoms. The SMILES string of the molecule is CC=N/C(=C\C(C)C)C(Cc1ccc(N(S)NCCC(=O)O)c(C)c1)c1cccc(C)c1C. The third kappa shape index (κ3) is 7.76. The number of aliphatic imine (C=N–C) groups is 1. The van der Waals surface area contributed by atoms with Gasteiger partial charge in [-0.1, -0.05) is 50.3 Å². The average molecular weight is 468 g/mol. The third-order valence-corrected chi connectivity index (χ3v) is 6.05. The topological polar surface area (TPSA) is 64.9 Å². The Morgan fingerprint density at radius 3 is 2.52 bits per heavy atom. The summed E-state index contributed by atoms with van der Waals surface area (Å²) in [6.45, 7) is 13.0. The van der Waals surface area contributed by atoms with Crippen molar-refractivity contribution in [3.63, 3.8) is 0 Å². The summed E-state index contributed by atoms with van der Waals surface area (Å²) in [5.74, 6) is -0.293. The monoisotopic (exact) mass is 467 g/mol. The van der Waals surface area contributed by atoms with E-state index < -0.39 is 5.97 Å². The molecule has 0 spiro atoms. The maximum Gasteiger partial charge on any atom is 0.304 e. The Balaban J connectivity index is 2.39. The van der Waals surface area contributed by atoms with Gasteiger partial charge >= 0.3 is 5.97 Å². The lowest BCUT2D eigenvalue weighted by atomic mass is 9.84. The fourth-order valence-corrected chi connectivity index (χ4v) is 4.26. The summed E-state index contributed by atoms with van der Waals surface area (Å²) in [7, 11) is 0. The number of allylic oxidation sites excluding steroid dienone is 2. The smallest absolute Gasteiger partial charge is 0.304 e. The molecule has 2 N–H and O–H groups in total. The van der Waals surface area contributed by atoms with Crippen LogP contribution in [0.1, 0.15) is 60.9 Å². The van der Waals surface area contributed by atoms with Crippen LogP contribution in [0, 0.1) is 26.7 Å². The highest BCUT2D eigenvalue weighted by Crippen LogP contribution is 2.34. The summed E-state index contributed by atoms with van der Waals surface area (Å²) < 4.78 is 1.59. The summed E-state index contributed by atoms with van der Waals surface area (Å²) in [5, 5.41) is 8.84. The number of rotatable bonds is 11. The molecule has 1 atom stereocenters. The van der Waals surface area contributed by atoms with Crippen molar-refractivity contribution in [1.29, 1.82) is 0 Å². The Bertz CT molecular complexity index is 1010. The van der Waals surface area contributed by atoms with Crippen LogP contribution in [-0.2, 0) is 11.2 Å². The molecule has 0 saturated carbocycles. The maximum atomic E-state index is 10.8. The number of nitrogens with zero attached hydrogens (tertiary/aromatic N) is 2. The number of aliphatic carboxylic acids is 1. The van der Waals surface area contributed by atoms with Gasteiger partial charge in [0.05, 0.1) is 12.1 Å². The van der Waals surface area contributed by atoms with E-state index in [9.17, 15) is 4.79 Å². The van der Waals surface area contributed by atoms with Gasteiger partial charge < -0.3 is 5.11 Å². The number of aryl methyl sites for hydroxylation is 2. The molecule has 1 unspecified atom stereocenters. The van der Waals surface area contributed by atoms with Crippen molar-refractivity contribution in [2.24, 2.45) is 10.9 Å². The highest BCUT2D eigenvalue weighted by atomic mass is 32.1. The predicted octanol–water partition coefficient (Wildman–Crippen LogP) is 6.20. The van der Waals surface area contributed by atoms with Crippen molar-refractivity contribution in [2.75, 3.05) is 11.0 Å². The molecule has 0 amide bonds. The lowest BCUT2D eigenvalue weighted by molar-refractivity contribution is -0.136. The summed E-state index contributed by atoms with van der Waals surface area (Å²) in [5.41, 5.74) is 11.2. The van der Waals surface area contributed by atoms with E-state index in [1.54, 1.807) is 4.41 Å². The molecule has 2 aromatic rings. The van der Waals surface area contributed by atoms with E-state index in [1.165, 1.54) is 22.3 Å². The lowest BCUT2D eigenvalue weighted by Crippen LogP contribution is -2.32. The largest absolute Gasteiger partial charge is 0.481 e. The van der Waals surface area contributed by atoms with Crippen LogP contribution in [0.3, 0.4) is 0 Å². The van der Waals surface area contributed by atoms with Crippen LogP contribution in [0.25, 0.3) is 0 Å². The van der Waals surface area contributed by atoms with E-state index in [4.69, 9.17) is 10.1 Å². The summed E-state index contributed by atoms with van der Waals surface area (Å²) in [6.07, 6.45) is 5.01. The van der Waals surface area contributed by atoms with Gasteiger partial charge in [0.1, 0.15) is 0 Å². The minimum atomic E-state index is -0.839. The first-order valence-corrected chi connectivity index (χ1v) is 11.8. The molecule has 0 aliphatic heterocycles. The number of hydrazine groups is 1. The van der Waals surface area contributed by atoms with Crippen LogP contribution in [-0.4, -0.2) is 23.8 Å². The van der Waals surface area contributed by atoms with E-state index in [-0.39, 0.29) is 12.3 Å². The number of benzene rings is 2. The van der Waals surface area contributed by atoms with Crippen molar-refractivity contribution < 1.29 is 9.90 Å². The van der Waals surface area contributed by atoms with Gasteiger partial charge in [-0.15, -0.1) is 0 Å². The Morgan fingerprint density at radius 1 is 1.18 bits per heavy atom. The molecule has 33 heavy (non-hydrogen) atoms. The minimum absolute atomic E-state index is 0.0363. The molecule has 2 aromatic carbocycles. The van der Waals surface area contributed by atoms with Crippen LogP contribution in [0.5, 0.6) is 0 Å². The second kappa shape index (κ2) is 12.6. The molecule has 0 aliphatic carbocycles. The first-order chi connectivity index (χ1) is 15.6. The highest BCUT2D eigenvalue weighted by Gasteiger charge is 2.21. The van der Waals surface area contributed by atoms with Crippen molar-refractivity contribution in [2.45, 2.75) is 60.3 Å². The van der Waals surface area contributed by atoms with Crippen molar-refractivity contribution >= 4 is 30.7 Å². The number of nitrogens with one attached hydrogen (secondary N) is 1. The zero-order valence-corrected chi connectivity index (χ0v) is 21.5. The van der Waals surface area contributed by atoms with Crippen LogP contribution < -0.4 is 9.84 Å². The molecule has 5 nitrogen and oxygen atoms in total. The highest BCUT2D eigenvalue weighted by molar-refractivity contribution is 7.81. The molecule has 0 radical (unpaired) electrons. The fraction of sp³-hybridized carbons (Fsp3) is 0.407. The maximum absolute atomic E-state index is 10.8. The quantitative estimate of drug-likeness (QED) is 0.209. The van der Waals surface area contributed by atoms with Crippen molar-refractivity contribution in [3.8, 4) is 0 Å². The number of carboxylic acid groups (broad SMARTS) is 1. The number of anilines is 1. The first kappa shape index (κ1) is 26.7. The standard InChI is InChI=1S/C27H37N3O2S/c1-7-28-25(15-18(2)3)24(23-10-8-9-19(4)21(23)6)17-22-11-12-26(20(5)16-22)30(33)29-14-13-27(31)32/h7-12,15-16,18,24,29,33H,13-14,17H2,1-6H3,(H,31,32)/b25-15-,28-7?. The van der Waals surface area contributed by atoms with Gasteiger partial charge in [0, 0.05) is 24.4 Å². The first-order valence-electron chi connectivity index (χ1n) is 11.4. The van der Waals surface area contributed by atoms with Crippen LogP contribution in [0.15, 0.2) is 53.2 Å². The van der Waals surface area contributed by atoms with Crippen LogP contribution in [0.4, 0.5) is 5.69 Å². The molecule has 6 heteroatoms. The molecular weight excluding hydrogens is 430 g/mol. The van der Waals surface area contributed by atoms with E-state index in [2.05, 4.69) is 82.3 Å². The number of hydrogen-bond donors (Lipinski definition) is 3. The van der Waals surface area contributed by atoms with Gasteiger partial charge in [-0.3, -0.25) is 14.2 Å². The lowest BCUT2D eigenvalue weighted by Gasteiger charge is -2.24. The second-order valence-corrected chi connectivity index (χ2v) is 9.15. The third-order valence-electron chi connectivity index (χ3n) is 5.69. The molecule has 0 fully saturated rings. The summed E-state index contributed by atoms with van der Waals surface area (Å²) >= 11 is 4.48. The summed E-state index contributed by atoms with van der Waals surface area (Å²) in [6, 6.07) is 12.8. The molecule has 0 saturated heterocycles. The predicted molar refractivity (Wildman–Crippen MR) is 142 cm³/mol. The van der Waals surface area contributed by atoms with E-state index in [0.717, 1.165) is 23.4 Å². The molecule has 2 rings (SSSR count). The van der Waals surface area contributed by atoms with Gasteiger partial charge in [-0.25, -0.2) is 5.43 Å². The van der Waals surface area contributed by atoms with E-state index >= 15 is 0 Å². The van der Waals surface area contributed by atoms with Gasteiger partial charge in [0.2, 0.25) is 0 Å². The van der Waals surface area contributed by atoms with Gasteiger partial charge in [-0.05, 0) is 86.7 Å². The number of thiol groups is 1. The number of hydrogen-bond acceptors (Lipinski definition) is 5. The Kier molecular flexibility index (Phi) is 10.2. The van der Waals surface area contributed by atoms with Gasteiger partial charge in [0.25, 0.3) is 0 Å². The summed E-state index contributed by atoms with van der Waals surface area (Å²) in [4.78, 5) is 15.5. The Hall–Kier alpha value is -2.57. The molecular formula is C27H37N3O2S.